The second-order valence-electron chi connectivity index (χ2n) is 6.44. The van der Waals surface area contributed by atoms with Gasteiger partial charge in [0.05, 0.1) is 12.2 Å². The highest BCUT2D eigenvalue weighted by Gasteiger charge is 2.26. The molecule has 1 saturated carbocycles. The van der Waals surface area contributed by atoms with Gasteiger partial charge >= 0.3 is 6.03 Å². The number of amides is 3. The zero-order chi connectivity index (χ0) is 17.1. The van der Waals surface area contributed by atoms with Crippen molar-refractivity contribution >= 4 is 29.4 Å². The number of carbonyl (C=O) groups excluding carboxylic acids is 2. The molecule has 1 aliphatic heterocycles. The summed E-state index contributed by atoms with van der Waals surface area (Å²) in [4.78, 5) is 30.8. The third kappa shape index (κ3) is 3.83. The summed E-state index contributed by atoms with van der Waals surface area (Å²) < 4.78 is 0. The topological polar surface area (TPSA) is 74.3 Å². The minimum atomic E-state index is -0.230. The van der Waals surface area contributed by atoms with Crippen LogP contribution in [-0.4, -0.2) is 41.8 Å². The van der Waals surface area contributed by atoms with E-state index in [4.69, 9.17) is 0 Å². The summed E-state index contributed by atoms with van der Waals surface area (Å²) in [6, 6.07) is 2.03. The molecule has 0 spiro atoms. The molecule has 1 aromatic heterocycles. The van der Waals surface area contributed by atoms with Gasteiger partial charge in [0.15, 0.2) is 0 Å². The van der Waals surface area contributed by atoms with Crippen molar-refractivity contribution in [1.29, 1.82) is 0 Å². The molecule has 0 saturated heterocycles. The maximum Gasteiger partial charge on any atom is 0.322 e. The third-order valence-electron chi connectivity index (χ3n) is 4.47. The molecule has 3 amide bonds. The Morgan fingerprint density at radius 1 is 1.33 bits per heavy atom. The Hall–Kier alpha value is -1.76. The maximum atomic E-state index is 12.5. The Morgan fingerprint density at radius 3 is 2.83 bits per heavy atom. The van der Waals surface area contributed by atoms with Crippen molar-refractivity contribution in [2.75, 3.05) is 23.7 Å². The van der Waals surface area contributed by atoms with E-state index < -0.39 is 0 Å². The van der Waals surface area contributed by atoms with E-state index in [1.807, 2.05) is 19.9 Å². The minimum Gasteiger partial charge on any atom is -0.352 e. The minimum absolute atomic E-state index is 0.0205. The Balaban J connectivity index is 1.61. The lowest BCUT2D eigenvalue weighted by molar-refractivity contribution is -0.120. The number of hydrogen-bond donors (Lipinski definition) is 2. The maximum absolute atomic E-state index is 12.5. The lowest BCUT2D eigenvalue weighted by atomic mass is 10.2. The van der Waals surface area contributed by atoms with Gasteiger partial charge in [-0.1, -0.05) is 12.8 Å². The molecule has 2 N–H and O–H groups in total. The number of thioether (sulfide) groups is 1. The molecule has 7 heteroatoms. The van der Waals surface area contributed by atoms with Crippen LogP contribution in [-0.2, 0) is 4.79 Å². The zero-order valence-corrected chi connectivity index (χ0v) is 15.0. The molecule has 1 aromatic rings. The van der Waals surface area contributed by atoms with Crippen LogP contribution in [0, 0.1) is 13.8 Å². The van der Waals surface area contributed by atoms with E-state index in [0.717, 1.165) is 40.6 Å². The van der Waals surface area contributed by atoms with Gasteiger partial charge in [0, 0.05) is 24.0 Å². The number of anilines is 1. The van der Waals surface area contributed by atoms with Gasteiger partial charge in [-0.05, 0) is 38.3 Å². The first-order chi connectivity index (χ1) is 11.5. The molecular formula is C17H24N4O2S. The highest BCUT2D eigenvalue weighted by atomic mass is 32.2. The van der Waals surface area contributed by atoms with E-state index in [-0.39, 0.29) is 24.5 Å². The predicted octanol–water partition coefficient (Wildman–Crippen LogP) is 2.38. The number of hydrogen-bond acceptors (Lipinski definition) is 4. The molecule has 0 bridgehead atoms. The highest BCUT2D eigenvalue weighted by Crippen LogP contribution is 2.36. The molecule has 3 rings (SSSR count). The van der Waals surface area contributed by atoms with Crippen molar-refractivity contribution in [3.05, 3.63) is 17.3 Å². The van der Waals surface area contributed by atoms with E-state index in [0.29, 0.717) is 6.54 Å². The molecule has 130 valence electrons. The van der Waals surface area contributed by atoms with E-state index in [1.165, 1.54) is 12.8 Å². The molecule has 0 unspecified atom stereocenters. The summed E-state index contributed by atoms with van der Waals surface area (Å²) >= 11 is 1.67. The van der Waals surface area contributed by atoms with Crippen LogP contribution in [0.2, 0.25) is 0 Å². The number of nitrogens with one attached hydrogen (secondary N) is 2. The number of carbonyl (C=O) groups is 2. The first kappa shape index (κ1) is 17.1. The first-order valence-corrected chi connectivity index (χ1v) is 9.49. The number of pyridine rings is 1. The molecular weight excluding hydrogens is 324 g/mol. The molecule has 2 aliphatic rings. The molecule has 6 nitrogen and oxygen atoms in total. The van der Waals surface area contributed by atoms with Crippen molar-refractivity contribution in [2.24, 2.45) is 0 Å². The van der Waals surface area contributed by atoms with Crippen LogP contribution in [0.4, 0.5) is 10.5 Å². The summed E-state index contributed by atoms with van der Waals surface area (Å²) in [6.07, 6.45) is 4.43. The van der Waals surface area contributed by atoms with Gasteiger partial charge in [0.2, 0.25) is 5.91 Å². The van der Waals surface area contributed by atoms with Crippen LogP contribution in [0.3, 0.4) is 0 Å². The van der Waals surface area contributed by atoms with Crippen LogP contribution in [0.1, 0.15) is 36.9 Å². The number of urea groups is 1. The fourth-order valence-electron chi connectivity index (χ4n) is 3.37. The average molecular weight is 348 g/mol. The van der Waals surface area contributed by atoms with Gasteiger partial charge in [-0.2, -0.15) is 0 Å². The molecule has 0 radical (unpaired) electrons. The van der Waals surface area contributed by atoms with Gasteiger partial charge in [-0.3, -0.25) is 9.69 Å². The first-order valence-electron chi connectivity index (χ1n) is 8.50. The van der Waals surface area contributed by atoms with Gasteiger partial charge < -0.3 is 10.6 Å². The fourth-order valence-corrected chi connectivity index (χ4v) is 4.46. The van der Waals surface area contributed by atoms with Gasteiger partial charge in [-0.15, -0.1) is 11.8 Å². The largest absolute Gasteiger partial charge is 0.352 e. The summed E-state index contributed by atoms with van der Waals surface area (Å²) in [5, 5.41) is 6.63. The molecule has 1 aliphatic carbocycles. The number of fused-ring (bicyclic) bond motifs is 1. The lowest BCUT2D eigenvalue weighted by Gasteiger charge is -2.30. The van der Waals surface area contributed by atoms with Crippen LogP contribution < -0.4 is 15.5 Å². The van der Waals surface area contributed by atoms with E-state index in [9.17, 15) is 9.59 Å². The monoisotopic (exact) mass is 348 g/mol. The average Bonchev–Trinajstić information content (AvgIpc) is 3.04. The number of rotatable bonds is 3. The standard InChI is InChI=1S/C17H24N4O2S/c1-11-9-12(2)19-16-15(11)21(7-8-24-16)17(23)18-10-14(22)20-13-5-3-4-6-13/h9,13H,3-8,10H2,1-2H3,(H,18,23)(H,20,22). The van der Waals surface area contributed by atoms with Crippen molar-refractivity contribution in [3.8, 4) is 0 Å². The van der Waals surface area contributed by atoms with Crippen LogP contribution in [0.15, 0.2) is 11.1 Å². The molecule has 2 heterocycles. The van der Waals surface area contributed by atoms with Gasteiger partial charge in [0.25, 0.3) is 0 Å². The van der Waals surface area contributed by atoms with Crippen LogP contribution in [0.25, 0.3) is 0 Å². The Kier molecular flexibility index (Phi) is 5.28. The summed E-state index contributed by atoms with van der Waals surface area (Å²) in [6.45, 7) is 4.60. The van der Waals surface area contributed by atoms with E-state index >= 15 is 0 Å². The Labute approximate surface area is 146 Å². The van der Waals surface area contributed by atoms with Gasteiger partial charge in [0.1, 0.15) is 5.03 Å². The smallest absolute Gasteiger partial charge is 0.322 e. The summed E-state index contributed by atoms with van der Waals surface area (Å²) in [5.41, 5.74) is 2.86. The van der Waals surface area contributed by atoms with Crippen molar-refractivity contribution in [1.82, 2.24) is 15.6 Å². The van der Waals surface area contributed by atoms with Crippen molar-refractivity contribution in [3.63, 3.8) is 0 Å². The van der Waals surface area contributed by atoms with Crippen molar-refractivity contribution in [2.45, 2.75) is 50.6 Å². The molecule has 1 fully saturated rings. The second-order valence-corrected chi connectivity index (χ2v) is 7.53. The van der Waals surface area contributed by atoms with Crippen LogP contribution in [0.5, 0.6) is 0 Å². The highest BCUT2D eigenvalue weighted by molar-refractivity contribution is 7.99. The lowest BCUT2D eigenvalue weighted by Crippen LogP contribution is -2.47. The summed E-state index contributed by atoms with van der Waals surface area (Å²) in [7, 11) is 0. The second kappa shape index (κ2) is 7.42. The molecule has 0 atom stereocenters. The number of aryl methyl sites for hydroxylation is 2. The third-order valence-corrected chi connectivity index (χ3v) is 5.41. The SMILES string of the molecule is Cc1cc(C)c2c(n1)SCCN2C(=O)NCC(=O)NC1CCCC1. The quantitative estimate of drug-likeness (QED) is 0.879. The van der Waals surface area contributed by atoms with E-state index in [1.54, 1.807) is 16.7 Å². The number of aromatic nitrogens is 1. The normalized spacial score (nSPS) is 17.5. The number of nitrogens with zero attached hydrogens (tertiary/aromatic N) is 2. The Bertz CT molecular complexity index is 644. The molecule has 0 aromatic carbocycles. The zero-order valence-electron chi connectivity index (χ0n) is 14.2. The fraction of sp³-hybridized carbons (Fsp3) is 0.588. The summed E-state index contributed by atoms with van der Waals surface area (Å²) in [5.74, 6) is 0.700. The predicted molar refractivity (Wildman–Crippen MR) is 95.6 cm³/mol. The van der Waals surface area contributed by atoms with E-state index in [2.05, 4.69) is 15.6 Å². The Morgan fingerprint density at radius 2 is 2.08 bits per heavy atom. The molecule has 24 heavy (non-hydrogen) atoms. The van der Waals surface area contributed by atoms with Crippen molar-refractivity contribution < 1.29 is 9.59 Å². The van der Waals surface area contributed by atoms with Gasteiger partial charge in [-0.25, -0.2) is 9.78 Å². The van der Waals surface area contributed by atoms with Crippen LogP contribution >= 0.6 is 11.8 Å².